The first-order valence-corrected chi connectivity index (χ1v) is 7.54. The number of aliphatic hydroxyl groups excluding tert-OH is 1. The molecule has 0 spiro atoms. The molecule has 1 aromatic heterocycles. The zero-order chi connectivity index (χ0) is 15.5. The summed E-state index contributed by atoms with van der Waals surface area (Å²) in [6, 6.07) is 7.33. The number of aromatic amines is 1. The van der Waals surface area contributed by atoms with Crippen molar-refractivity contribution in [2.24, 2.45) is 5.92 Å². The Morgan fingerprint density at radius 2 is 2.32 bits per heavy atom. The molecule has 2 unspecified atom stereocenters. The fraction of sp³-hybridized carbons (Fsp3) is 0.438. The van der Waals surface area contributed by atoms with Gasteiger partial charge in [0.1, 0.15) is 6.33 Å². The molecule has 22 heavy (non-hydrogen) atoms. The molecule has 116 valence electrons. The Morgan fingerprint density at radius 3 is 3.00 bits per heavy atom. The lowest BCUT2D eigenvalue weighted by molar-refractivity contribution is 0.0693. The minimum absolute atomic E-state index is 0.0412. The summed E-state index contributed by atoms with van der Waals surface area (Å²) in [6.07, 6.45) is 4.02. The SMILES string of the molecule is CN(CC1CCCC1O)C(=O)c1cccc(-c2ncn[nH]2)c1. The molecule has 3 rings (SSSR count). The van der Waals surface area contributed by atoms with Gasteiger partial charge in [0, 0.05) is 30.6 Å². The molecular formula is C16H20N4O2. The van der Waals surface area contributed by atoms with Crippen LogP contribution in [0.3, 0.4) is 0 Å². The number of benzene rings is 1. The van der Waals surface area contributed by atoms with Gasteiger partial charge in [-0.1, -0.05) is 18.6 Å². The number of amides is 1. The largest absolute Gasteiger partial charge is 0.393 e. The smallest absolute Gasteiger partial charge is 0.253 e. The molecule has 6 nitrogen and oxygen atoms in total. The van der Waals surface area contributed by atoms with Crippen molar-refractivity contribution in [3.05, 3.63) is 36.2 Å². The van der Waals surface area contributed by atoms with E-state index in [4.69, 9.17) is 0 Å². The van der Waals surface area contributed by atoms with Crippen molar-refractivity contribution < 1.29 is 9.90 Å². The molecule has 1 saturated carbocycles. The molecule has 6 heteroatoms. The van der Waals surface area contributed by atoms with Gasteiger partial charge in [0.05, 0.1) is 6.10 Å². The number of aliphatic hydroxyl groups is 1. The van der Waals surface area contributed by atoms with Crippen molar-refractivity contribution in [3.8, 4) is 11.4 Å². The molecule has 2 atom stereocenters. The Morgan fingerprint density at radius 1 is 1.45 bits per heavy atom. The van der Waals surface area contributed by atoms with Crippen molar-refractivity contribution in [1.82, 2.24) is 20.1 Å². The average molecular weight is 300 g/mol. The Balaban J connectivity index is 1.73. The van der Waals surface area contributed by atoms with E-state index in [1.807, 2.05) is 18.2 Å². The summed E-state index contributed by atoms with van der Waals surface area (Å²) in [4.78, 5) is 18.4. The highest BCUT2D eigenvalue weighted by atomic mass is 16.3. The Bertz CT molecular complexity index is 641. The van der Waals surface area contributed by atoms with Crippen molar-refractivity contribution in [1.29, 1.82) is 0 Å². The minimum atomic E-state index is -0.282. The Labute approximate surface area is 129 Å². The molecule has 2 N–H and O–H groups in total. The van der Waals surface area contributed by atoms with Crippen LogP contribution >= 0.6 is 0 Å². The van der Waals surface area contributed by atoms with E-state index in [0.717, 1.165) is 24.8 Å². The first-order chi connectivity index (χ1) is 10.6. The van der Waals surface area contributed by atoms with Gasteiger partial charge >= 0.3 is 0 Å². The van der Waals surface area contributed by atoms with Crippen LogP contribution in [-0.4, -0.2) is 50.8 Å². The number of nitrogens with one attached hydrogen (secondary N) is 1. The fourth-order valence-corrected chi connectivity index (χ4v) is 3.03. The average Bonchev–Trinajstić information content (AvgIpc) is 3.19. The third-order valence-corrected chi connectivity index (χ3v) is 4.27. The normalized spacial score (nSPS) is 21.0. The van der Waals surface area contributed by atoms with Crippen LogP contribution in [-0.2, 0) is 0 Å². The zero-order valence-corrected chi connectivity index (χ0v) is 12.6. The van der Waals surface area contributed by atoms with Gasteiger partial charge in [-0.05, 0) is 25.0 Å². The lowest BCUT2D eigenvalue weighted by Gasteiger charge is -2.23. The van der Waals surface area contributed by atoms with Gasteiger partial charge in [-0.15, -0.1) is 0 Å². The number of hydrogen-bond acceptors (Lipinski definition) is 4. The number of H-pyrrole nitrogens is 1. The Kier molecular flexibility index (Phi) is 4.20. The minimum Gasteiger partial charge on any atom is -0.393 e. The predicted molar refractivity (Wildman–Crippen MR) is 82.1 cm³/mol. The maximum absolute atomic E-state index is 12.6. The molecule has 1 fully saturated rings. The quantitative estimate of drug-likeness (QED) is 0.900. The van der Waals surface area contributed by atoms with E-state index >= 15 is 0 Å². The zero-order valence-electron chi connectivity index (χ0n) is 12.6. The van der Waals surface area contributed by atoms with E-state index in [-0.39, 0.29) is 17.9 Å². The van der Waals surface area contributed by atoms with Gasteiger partial charge in [-0.2, -0.15) is 5.10 Å². The molecule has 0 radical (unpaired) electrons. The second-order valence-electron chi connectivity index (χ2n) is 5.86. The van der Waals surface area contributed by atoms with E-state index in [1.165, 1.54) is 6.33 Å². The molecule has 1 aliphatic rings. The third-order valence-electron chi connectivity index (χ3n) is 4.27. The predicted octanol–water partition coefficient (Wildman–Crippen LogP) is 1.70. The van der Waals surface area contributed by atoms with Gasteiger partial charge in [-0.25, -0.2) is 4.98 Å². The first kappa shape index (κ1) is 14.7. The van der Waals surface area contributed by atoms with Crippen LogP contribution in [0.1, 0.15) is 29.6 Å². The number of carbonyl (C=O) groups excluding carboxylic acids is 1. The number of rotatable bonds is 4. The molecular weight excluding hydrogens is 280 g/mol. The summed E-state index contributed by atoms with van der Waals surface area (Å²) in [5.74, 6) is 0.787. The molecule has 0 bridgehead atoms. The molecule has 1 aliphatic carbocycles. The van der Waals surface area contributed by atoms with Crippen molar-refractivity contribution in [2.45, 2.75) is 25.4 Å². The molecule has 1 heterocycles. The van der Waals surface area contributed by atoms with Crippen LogP contribution in [0.2, 0.25) is 0 Å². The lowest BCUT2D eigenvalue weighted by Crippen LogP contribution is -2.34. The summed E-state index contributed by atoms with van der Waals surface area (Å²) in [5, 5.41) is 16.5. The van der Waals surface area contributed by atoms with Crippen LogP contribution in [0.15, 0.2) is 30.6 Å². The van der Waals surface area contributed by atoms with Crippen LogP contribution in [0.4, 0.5) is 0 Å². The molecule has 1 amide bonds. The second kappa shape index (κ2) is 6.27. The second-order valence-corrected chi connectivity index (χ2v) is 5.86. The van der Waals surface area contributed by atoms with Gasteiger partial charge in [0.2, 0.25) is 0 Å². The number of carbonyl (C=O) groups is 1. The van der Waals surface area contributed by atoms with Crippen molar-refractivity contribution in [3.63, 3.8) is 0 Å². The highest BCUT2D eigenvalue weighted by Gasteiger charge is 2.27. The summed E-state index contributed by atoms with van der Waals surface area (Å²) >= 11 is 0. The number of nitrogens with zero attached hydrogens (tertiary/aromatic N) is 3. The lowest BCUT2D eigenvalue weighted by atomic mass is 10.0. The van der Waals surface area contributed by atoms with E-state index in [9.17, 15) is 9.90 Å². The Hall–Kier alpha value is -2.21. The van der Waals surface area contributed by atoms with Crippen LogP contribution in [0.5, 0.6) is 0 Å². The van der Waals surface area contributed by atoms with Gasteiger partial charge < -0.3 is 10.0 Å². The first-order valence-electron chi connectivity index (χ1n) is 7.54. The van der Waals surface area contributed by atoms with E-state index in [1.54, 1.807) is 18.0 Å². The number of hydrogen-bond donors (Lipinski definition) is 2. The fourth-order valence-electron chi connectivity index (χ4n) is 3.03. The van der Waals surface area contributed by atoms with Gasteiger partial charge in [-0.3, -0.25) is 9.89 Å². The van der Waals surface area contributed by atoms with Gasteiger partial charge in [0.15, 0.2) is 5.82 Å². The van der Waals surface area contributed by atoms with E-state index in [0.29, 0.717) is 17.9 Å². The van der Waals surface area contributed by atoms with E-state index in [2.05, 4.69) is 15.2 Å². The van der Waals surface area contributed by atoms with Crippen LogP contribution < -0.4 is 0 Å². The molecule has 2 aromatic rings. The summed E-state index contributed by atoms with van der Waals surface area (Å²) in [5.41, 5.74) is 1.45. The monoisotopic (exact) mass is 300 g/mol. The standard InChI is InChI=1S/C16H20N4O2/c1-20(9-13-6-3-7-14(13)21)16(22)12-5-2-4-11(8-12)15-17-10-18-19-15/h2,4-5,8,10,13-14,21H,3,6-7,9H2,1H3,(H,17,18,19). The van der Waals surface area contributed by atoms with Crippen molar-refractivity contribution >= 4 is 5.91 Å². The summed E-state index contributed by atoms with van der Waals surface area (Å²) < 4.78 is 0. The highest BCUT2D eigenvalue weighted by molar-refractivity contribution is 5.95. The molecule has 0 saturated heterocycles. The van der Waals surface area contributed by atoms with Crippen LogP contribution in [0.25, 0.3) is 11.4 Å². The third kappa shape index (κ3) is 3.01. The number of aromatic nitrogens is 3. The van der Waals surface area contributed by atoms with E-state index < -0.39 is 0 Å². The maximum atomic E-state index is 12.6. The van der Waals surface area contributed by atoms with Crippen LogP contribution in [0, 0.1) is 5.92 Å². The van der Waals surface area contributed by atoms with Gasteiger partial charge in [0.25, 0.3) is 5.91 Å². The highest BCUT2D eigenvalue weighted by Crippen LogP contribution is 2.26. The maximum Gasteiger partial charge on any atom is 0.253 e. The summed E-state index contributed by atoms with van der Waals surface area (Å²) in [7, 11) is 1.79. The molecule has 0 aliphatic heterocycles. The topological polar surface area (TPSA) is 82.1 Å². The molecule has 1 aromatic carbocycles. The van der Waals surface area contributed by atoms with Crippen molar-refractivity contribution in [2.75, 3.05) is 13.6 Å². The summed E-state index contributed by atoms with van der Waals surface area (Å²) in [6.45, 7) is 0.590.